The summed E-state index contributed by atoms with van der Waals surface area (Å²) in [5.41, 5.74) is 8.82. The molecular weight excluding hydrogens is 284 g/mol. The molecule has 2 aromatic heterocycles. The standard InChI is InChI=1S/C15H20N4O3/c1-3-4-5-21-14(20)8-18-15-13(16)6-11(7-17-15)12-9-22-19-10(12)2/h6-7,9H,3-5,8,16H2,1-2H3,(H,17,18). The van der Waals surface area contributed by atoms with Crippen LogP contribution in [0.25, 0.3) is 11.1 Å². The van der Waals surface area contributed by atoms with Gasteiger partial charge < -0.3 is 20.3 Å². The number of carbonyl (C=O) groups is 1. The van der Waals surface area contributed by atoms with Gasteiger partial charge in [-0.15, -0.1) is 0 Å². The molecule has 0 aliphatic heterocycles. The Kier molecular flexibility index (Phi) is 5.35. The molecule has 2 aromatic rings. The molecule has 0 atom stereocenters. The van der Waals surface area contributed by atoms with E-state index in [2.05, 4.69) is 15.5 Å². The van der Waals surface area contributed by atoms with E-state index in [-0.39, 0.29) is 12.5 Å². The Labute approximate surface area is 128 Å². The number of hydrogen-bond donors (Lipinski definition) is 2. The first-order chi connectivity index (χ1) is 10.6. The lowest BCUT2D eigenvalue weighted by atomic mass is 10.1. The van der Waals surface area contributed by atoms with Gasteiger partial charge in [0.25, 0.3) is 0 Å². The van der Waals surface area contributed by atoms with Gasteiger partial charge in [0.15, 0.2) is 0 Å². The van der Waals surface area contributed by atoms with E-state index in [4.69, 9.17) is 15.0 Å². The number of anilines is 2. The van der Waals surface area contributed by atoms with Crippen LogP contribution in [0.3, 0.4) is 0 Å². The number of pyridine rings is 1. The molecule has 0 radical (unpaired) electrons. The summed E-state index contributed by atoms with van der Waals surface area (Å²) in [4.78, 5) is 15.8. The Morgan fingerprint density at radius 2 is 2.32 bits per heavy atom. The number of hydrogen-bond acceptors (Lipinski definition) is 7. The molecule has 0 amide bonds. The minimum absolute atomic E-state index is 0.0343. The van der Waals surface area contributed by atoms with Crippen molar-refractivity contribution in [1.82, 2.24) is 10.1 Å². The zero-order chi connectivity index (χ0) is 15.9. The molecule has 2 rings (SSSR count). The highest BCUT2D eigenvalue weighted by atomic mass is 16.5. The van der Waals surface area contributed by atoms with Gasteiger partial charge in [-0.3, -0.25) is 4.79 Å². The van der Waals surface area contributed by atoms with Gasteiger partial charge in [-0.2, -0.15) is 0 Å². The Morgan fingerprint density at radius 1 is 1.50 bits per heavy atom. The first-order valence-electron chi connectivity index (χ1n) is 7.18. The third-order valence-corrected chi connectivity index (χ3v) is 3.14. The summed E-state index contributed by atoms with van der Waals surface area (Å²) in [7, 11) is 0. The van der Waals surface area contributed by atoms with Crippen LogP contribution in [0.1, 0.15) is 25.5 Å². The lowest BCUT2D eigenvalue weighted by Crippen LogP contribution is -2.18. The van der Waals surface area contributed by atoms with E-state index >= 15 is 0 Å². The highest BCUT2D eigenvalue weighted by Gasteiger charge is 2.10. The number of aromatic nitrogens is 2. The lowest BCUT2D eigenvalue weighted by molar-refractivity contribution is -0.141. The van der Waals surface area contributed by atoms with Crippen molar-refractivity contribution < 1.29 is 14.1 Å². The predicted octanol–water partition coefficient (Wildman–Crippen LogP) is 2.38. The molecule has 0 saturated heterocycles. The average molecular weight is 304 g/mol. The lowest BCUT2D eigenvalue weighted by Gasteiger charge is -2.09. The van der Waals surface area contributed by atoms with E-state index in [0.717, 1.165) is 29.7 Å². The number of unbranched alkanes of at least 4 members (excludes halogenated alkanes) is 1. The Bertz CT molecular complexity index is 639. The maximum absolute atomic E-state index is 11.5. The molecule has 0 saturated carbocycles. The molecule has 7 heteroatoms. The number of nitrogens with two attached hydrogens (primary N) is 1. The monoisotopic (exact) mass is 304 g/mol. The molecule has 2 heterocycles. The van der Waals surface area contributed by atoms with Gasteiger partial charge in [0.1, 0.15) is 18.6 Å². The van der Waals surface area contributed by atoms with Crippen molar-refractivity contribution in [2.45, 2.75) is 26.7 Å². The molecule has 0 bridgehead atoms. The quantitative estimate of drug-likeness (QED) is 0.598. The van der Waals surface area contributed by atoms with E-state index in [1.807, 2.05) is 13.8 Å². The normalized spacial score (nSPS) is 10.5. The second-order valence-corrected chi connectivity index (χ2v) is 4.90. The van der Waals surface area contributed by atoms with Gasteiger partial charge in [-0.05, 0) is 19.4 Å². The van der Waals surface area contributed by atoms with Crippen LogP contribution in [-0.2, 0) is 9.53 Å². The van der Waals surface area contributed by atoms with Crippen LogP contribution in [0.15, 0.2) is 23.0 Å². The number of rotatable bonds is 7. The van der Waals surface area contributed by atoms with Gasteiger partial charge in [0.05, 0.1) is 18.0 Å². The molecule has 0 spiro atoms. The number of nitrogens with zero attached hydrogens (tertiary/aromatic N) is 2. The van der Waals surface area contributed by atoms with E-state index in [9.17, 15) is 4.79 Å². The molecule has 0 aliphatic carbocycles. The predicted molar refractivity (Wildman–Crippen MR) is 83.2 cm³/mol. The summed E-state index contributed by atoms with van der Waals surface area (Å²) in [6.07, 6.45) is 5.04. The van der Waals surface area contributed by atoms with Gasteiger partial charge in [0, 0.05) is 17.3 Å². The third-order valence-electron chi connectivity index (χ3n) is 3.14. The fourth-order valence-electron chi connectivity index (χ4n) is 1.88. The SMILES string of the molecule is CCCCOC(=O)CNc1ncc(-c2conc2C)cc1N. The summed E-state index contributed by atoms with van der Waals surface area (Å²) < 4.78 is 9.95. The second-order valence-electron chi connectivity index (χ2n) is 4.90. The second kappa shape index (κ2) is 7.44. The van der Waals surface area contributed by atoms with Crippen LogP contribution in [0.5, 0.6) is 0 Å². The number of nitrogen functional groups attached to an aromatic ring is 1. The maximum Gasteiger partial charge on any atom is 0.325 e. The smallest absolute Gasteiger partial charge is 0.325 e. The molecule has 0 aromatic carbocycles. The number of aryl methyl sites for hydroxylation is 1. The van der Waals surface area contributed by atoms with Gasteiger partial charge >= 0.3 is 5.97 Å². The molecule has 0 aliphatic rings. The summed E-state index contributed by atoms with van der Waals surface area (Å²) >= 11 is 0. The topological polar surface area (TPSA) is 103 Å². The van der Waals surface area contributed by atoms with E-state index in [0.29, 0.717) is 18.1 Å². The largest absolute Gasteiger partial charge is 0.464 e. The van der Waals surface area contributed by atoms with E-state index in [1.165, 1.54) is 0 Å². The summed E-state index contributed by atoms with van der Waals surface area (Å²) in [6.45, 7) is 4.35. The fraction of sp³-hybridized carbons (Fsp3) is 0.400. The minimum Gasteiger partial charge on any atom is -0.464 e. The van der Waals surface area contributed by atoms with Crippen molar-refractivity contribution in [3.8, 4) is 11.1 Å². The Morgan fingerprint density at radius 3 is 2.95 bits per heavy atom. The van der Waals surface area contributed by atoms with Crippen LogP contribution in [0.4, 0.5) is 11.5 Å². The third kappa shape index (κ3) is 3.97. The molecule has 3 N–H and O–H groups in total. The maximum atomic E-state index is 11.5. The van der Waals surface area contributed by atoms with Crippen molar-refractivity contribution >= 4 is 17.5 Å². The first-order valence-corrected chi connectivity index (χ1v) is 7.18. The Hall–Kier alpha value is -2.57. The van der Waals surface area contributed by atoms with Gasteiger partial charge in [-0.25, -0.2) is 4.98 Å². The summed E-state index contributed by atoms with van der Waals surface area (Å²) in [5, 5.41) is 6.70. The van der Waals surface area contributed by atoms with Crippen molar-refractivity contribution in [3.05, 3.63) is 24.2 Å². The van der Waals surface area contributed by atoms with E-state index in [1.54, 1.807) is 18.5 Å². The first kappa shape index (κ1) is 15.8. The molecular formula is C15H20N4O3. The van der Waals surface area contributed by atoms with E-state index < -0.39 is 0 Å². The summed E-state index contributed by atoms with van der Waals surface area (Å²) in [5.74, 6) is 0.124. The number of carbonyl (C=O) groups excluding carboxylic acids is 1. The van der Waals surface area contributed by atoms with Crippen molar-refractivity contribution in [1.29, 1.82) is 0 Å². The van der Waals surface area contributed by atoms with Crippen LogP contribution >= 0.6 is 0 Å². The number of esters is 1. The average Bonchev–Trinajstić information content (AvgIpc) is 2.92. The van der Waals surface area contributed by atoms with Crippen LogP contribution in [0.2, 0.25) is 0 Å². The zero-order valence-electron chi connectivity index (χ0n) is 12.8. The molecule has 118 valence electrons. The van der Waals surface area contributed by atoms with Crippen molar-refractivity contribution in [3.63, 3.8) is 0 Å². The number of ether oxygens (including phenoxy) is 1. The van der Waals surface area contributed by atoms with Gasteiger partial charge in [0.2, 0.25) is 0 Å². The highest BCUT2D eigenvalue weighted by molar-refractivity contribution is 5.78. The molecule has 7 nitrogen and oxygen atoms in total. The minimum atomic E-state index is -0.325. The van der Waals surface area contributed by atoms with Crippen molar-refractivity contribution in [2.75, 3.05) is 24.2 Å². The van der Waals surface area contributed by atoms with Crippen molar-refractivity contribution in [2.24, 2.45) is 0 Å². The number of nitrogens with one attached hydrogen (secondary N) is 1. The molecule has 0 fully saturated rings. The Balaban J connectivity index is 1.96. The van der Waals surface area contributed by atoms with Crippen LogP contribution in [-0.4, -0.2) is 29.3 Å². The zero-order valence-corrected chi connectivity index (χ0v) is 12.8. The highest BCUT2D eigenvalue weighted by Crippen LogP contribution is 2.26. The van der Waals surface area contributed by atoms with Crippen LogP contribution in [0, 0.1) is 6.92 Å². The molecule has 22 heavy (non-hydrogen) atoms. The van der Waals surface area contributed by atoms with Crippen LogP contribution < -0.4 is 11.1 Å². The fourth-order valence-corrected chi connectivity index (χ4v) is 1.88. The van der Waals surface area contributed by atoms with Gasteiger partial charge in [-0.1, -0.05) is 18.5 Å². The summed E-state index contributed by atoms with van der Waals surface area (Å²) in [6, 6.07) is 1.76. The molecule has 0 unspecified atom stereocenters.